The highest BCUT2D eigenvalue weighted by molar-refractivity contribution is 5.94. The monoisotopic (exact) mass is 540 g/mol. The van der Waals surface area contributed by atoms with Gasteiger partial charge in [-0.05, 0) is 60.7 Å². The molecule has 0 amide bonds. The molecule has 3 unspecified atom stereocenters. The van der Waals surface area contributed by atoms with Gasteiger partial charge in [0.05, 0.1) is 42.0 Å². The fourth-order valence-electron chi connectivity index (χ4n) is 5.92. The minimum Gasteiger partial charge on any atom is -0.499 e. The van der Waals surface area contributed by atoms with E-state index in [2.05, 4.69) is 37.7 Å². The minimum atomic E-state index is -1.99. The number of ether oxygens (including phenoxy) is 1. The number of hydrogen-bond acceptors (Lipinski definition) is 9. The second kappa shape index (κ2) is 9.47. The molecule has 2 aliphatic heterocycles. The van der Waals surface area contributed by atoms with Crippen molar-refractivity contribution < 1.29 is 14.2 Å². The molecule has 0 spiro atoms. The summed E-state index contributed by atoms with van der Waals surface area (Å²) in [6.45, 7) is 1.52. The zero-order chi connectivity index (χ0) is 27.4. The quantitative estimate of drug-likeness (QED) is 0.397. The first-order valence-electron chi connectivity index (χ1n) is 13.3. The second-order valence-corrected chi connectivity index (χ2v) is 10.6. The summed E-state index contributed by atoms with van der Waals surface area (Å²) in [7, 11) is 1.48. The number of halogens is 1. The van der Waals surface area contributed by atoms with Gasteiger partial charge >= 0.3 is 0 Å². The molecule has 40 heavy (non-hydrogen) atoms. The Morgan fingerprint density at radius 1 is 1.25 bits per heavy atom. The standard InChI is InChI=1S/C29H29FN8O2/c1-40-28-22-12-19(22)13-24(30)26(28)29(31,39)37-10-2-3-17(15-37)11-20-16-38(36-33-20)21-4-5-25-23(14-21)27(35-34-25)18-6-8-32-9-7-18/h4-9,11-14,17,22,39H,2-3,10,15-16,31H2,1H3,(H,34,35). The molecule has 0 radical (unpaired) electrons. The normalized spacial score (nSPS) is 25.2. The van der Waals surface area contributed by atoms with Crippen molar-refractivity contribution in [3.05, 3.63) is 89.4 Å². The lowest BCUT2D eigenvalue weighted by Crippen LogP contribution is -2.60. The Bertz CT molecular complexity index is 1640. The van der Waals surface area contributed by atoms with Gasteiger partial charge in [0.1, 0.15) is 17.3 Å². The van der Waals surface area contributed by atoms with Gasteiger partial charge in [-0.1, -0.05) is 17.4 Å². The van der Waals surface area contributed by atoms with Crippen molar-refractivity contribution in [2.45, 2.75) is 18.7 Å². The molecule has 204 valence electrons. The van der Waals surface area contributed by atoms with Gasteiger partial charge in [-0.3, -0.25) is 20.7 Å². The van der Waals surface area contributed by atoms with Crippen LogP contribution in [-0.4, -0.2) is 57.8 Å². The zero-order valence-corrected chi connectivity index (χ0v) is 22.0. The number of nitrogens with zero attached hydrogens (tertiary/aromatic N) is 6. The SMILES string of the molecule is COC1=C(C(N)(O)N2CCCC(C=C3CN(c4ccc5[nH]nc(-c6ccncc6)c5c4)N=N3)C2)C(F)=CC2=CC21. The maximum Gasteiger partial charge on any atom is 0.205 e. The number of likely N-dealkylation sites (tertiary alicyclic amines) is 1. The maximum atomic E-state index is 15.0. The number of anilines is 1. The molecule has 10 nitrogen and oxygen atoms in total. The molecule has 7 rings (SSSR count). The maximum absolute atomic E-state index is 15.0. The van der Waals surface area contributed by atoms with Crippen molar-refractivity contribution in [3.63, 3.8) is 0 Å². The number of fused-ring (bicyclic) bond motifs is 2. The first-order chi connectivity index (χ1) is 19.4. The number of benzene rings is 1. The lowest BCUT2D eigenvalue weighted by Gasteiger charge is -2.43. The van der Waals surface area contributed by atoms with Crippen LogP contribution < -0.4 is 10.7 Å². The van der Waals surface area contributed by atoms with Gasteiger partial charge in [-0.25, -0.2) is 9.40 Å². The van der Waals surface area contributed by atoms with Crippen molar-refractivity contribution in [1.29, 1.82) is 0 Å². The number of pyridine rings is 1. The number of aromatic nitrogens is 3. The van der Waals surface area contributed by atoms with E-state index in [0.717, 1.165) is 52.0 Å². The highest BCUT2D eigenvalue weighted by atomic mass is 19.1. The average Bonchev–Trinajstić information content (AvgIpc) is 3.37. The molecule has 2 aliphatic carbocycles. The highest BCUT2D eigenvalue weighted by Crippen LogP contribution is 2.48. The molecular formula is C29H29FN8O2. The number of nitrogens with two attached hydrogens (primary N) is 1. The molecule has 2 aromatic heterocycles. The first-order valence-corrected chi connectivity index (χ1v) is 13.3. The van der Waals surface area contributed by atoms with E-state index in [9.17, 15) is 5.11 Å². The Morgan fingerprint density at radius 2 is 2.10 bits per heavy atom. The Kier molecular flexibility index (Phi) is 5.88. The molecule has 0 saturated carbocycles. The molecular weight excluding hydrogens is 511 g/mol. The van der Waals surface area contributed by atoms with E-state index in [1.165, 1.54) is 13.2 Å². The predicted octanol–water partition coefficient (Wildman–Crippen LogP) is 4.34. The first kappa shape index (κ1) is 24.8. The molecule has 1 saturated heterocycles. The molecule has 1 fully saturated rings. The number of hydrogen-bond donors (Lipinski definition) is 3. The third-order valence-corrected chi connectivity index (χ3v) is 8.02. The third-order valence-electron chi connectivity index (χ3n) is 8.02. The van der Waals surface area contributed by atoms with Crippen LogP contribution in [0.25, 0.3) is 22.2 Å². The fraction of sp³-hybridized carbons (Fsp3) is 0.310. The number of allylic oxidation sites excluding steroid dienone is 2. The van der Waals surface area contributed by atoms with Crippen molar-refractivity contribution in [1.82, 2.24) is 20.1 Å². The molecule has 4 aliphatic rings. The smallest absolute Gasteiger partial charge is 0.205 e. The van der Waals surface area contributed by atoms with Gasteiger partial charge in [-0.2, -0.15) is 5.10 Å². The fourth-order valence-corrected chi connectivity index (χ4v) is 5.92. The summed E-state index contributed by atoms with van der Waals surface area (Å²) in [5.41, 5.74) is 11.8. The number of nitrogens with one attached hydrogen (secondary N) is 1. The summed E-state index contributed by atoms with van der Waals surface area (Å²) in [5, 5.41) is 30.7. The van der Waals surface area contributed by atoms with E-state index >= 15 is 4.39 Å². The van der Waals surface area contributed by atoms with Crippen molar-refractivity contribution in [2.24, 2.45) is 27.9 Å². The summed E-state index contributed by atoms with van der Waals surface area (Å²) in [6.07, 6.45) is 10.6. The van der Waals surface area contributed by atoms with E-state index in [1.807, 2.05) is 35.4 Å². The molecule has 1 aromatic carbocycles. The number of aliphatic hydroxyl groups is 1. The van der Waals surface area contributed by atoms with Gasteiger partial charge in [0, 0.05) is 36.4 Å². The molecule has 4 heterocycles. The van der Waals surface area contributed by atoms with Crippen LogP contribution in [0.15, 0.2) is 99.7 Å². The second-order valence-electron chi connectivity index (χ2n) is 10.6. The van der Waals surface area contributed by atoms with Crippen LogP contribution in [0.3, 0.4) is 0 Å². The molecule has 3 atom stereocenters. The summed E-state index contributed by atoms with van der Waals surface area (Å²) >= 11 is 0. The van der Waals surface area contributed by atoms with Crippen LogP contribution in [0.5, 0.6) is 0 Å². The topological polar surface area (TPSA) is 128 Å². The van der Waals surface area contributed by atoms with Gasteiger partial charge < -0.3 is 9.84 Å². The largest absolute Gasteiger partial charge is 0.499 e. The van der Waals surface area contributed by atoms with E-state index in [1.54, 1.807) is 17.3 Å². The Balaban J connectivity index is 1.08. The van der Waals surface area contributed by atoms with Gasteiger partial charge in [0.15, 0.2) is 0 Å². The number of piperidine rings is 1. The Morgan fingerprint density at radius 3 is 2.92 bits per heavy atom. The van der Waals surface area contributed by atoms with Gasteiger partial charge in [-0.15, -0.1) is 5.11 Å². The Labute approximate surface area is 230 Å². The van der Waals surface area contributed by atoms with Crippen molar-refractivity contribution in [2.75, 3.05) is 31.8 Å². The minimum absolute atomic E-state index is 0.0123. The van der Waals surface area contributed by atoms with E-state index in [-0.39, 0.29) is 17.4 Å². The Hall–Kier alpha value is -4.19. The zero-order valence-electron chi connectivity index (χ0n) is 22.0. The van der Waals surface area contributed by atoms with E-state index in [4.69, 9.17) is 10.5 Å². The number of methoxy groups -OCH3 is 1. The van der Waals surface area contributed by atoms with Crippen molar-refractivity contribution in [3.8, 4) is 11.3 Å². The number of rotatable bonds is 6. The van der Waals surface area contributed by atoms with Crippen LogP contribution in [0.4, 0.5) is 10.1 Å². The van der Waals surface area contributed by atoms with E-state index < -0.39 is 11.7 Å². The third kappa shape index (κ3) is 4.23. The lowest BCUT2D eigenvalue weighted by molar-refractivity contribution is -0.0904. The molecule has 4 N–H and O–H groups in total. The van der Waals surface area contributed by atoms with Crippen LogP contribution in [0, 0.1) is 11.8 Å². The summed E-state index contributed by atoms with van der Waals surface area (Å²) in [4.78, 5) is 5.82. The highest BCUT2D eigenvalue weighted by Gasteiger charge is 2.47. The van der Waals surface area contributed by atoms with Crippen LogP contribution >= 0.6 is 0 Å². The summed E-state index contributed by atoms with van der Waals surface area (Å²) in [6, 6.07) is 9.90. The molecule has 3 aromatic rings. The van der Waals surface area contributed by atoms with E-state index in [0.29, 0.717) is 25.4 Å². The van der Waals surface area contributed by atoms with Gasteiger partial charge in [0.2, 0.25) is 5.85 Å². The van der Waals surface area contributed by atoms with Crippen molar-refractivity contribution >= 4 is 16.6 Å². The summed E-state index contributed by atoms with van der Waals surface area (Å²) < 4.78 is 20.5. The number of H-pyrrole nitrogens is 1. The predicted molar refractivity (Wildman–Crippen MR) is 148 cm³/mol. The van der Waals surface area contributed by atoms with Gasteiger partial charge in [0.25, 0.3) is 0 Å². The van der Waals surface area contributed by atoms with Crippen LogP contribution in [0.1, 0.15) is 12.8 Å². The molecule has 11 heteroatoms. The molecule has 0 bridgehead atoms. The number of aromatic amines is 1. The van der Waals surface area contributed by atoms with Crippen LogP contribution in [-0.2, 0) is 4.74 Å². The summed E-state index contributed by atoms with van der Waals surface area (Å²) in [5.74, 6) is -2.19. The average molecular weight is 541 g/mol. The lowest BCUT2D eigenvalue weighted by atomic mass is 9.92. The van der Waals surface area contributed by atoms with Crippen LogP contribution in [0.2, 0.25) is 0 Å².